The number of aromatic carboxylic acids is 1. The van der Waals surface area contributed by atoms with Crippen molar-refractivity contribution in [3.05, 3.63) is 46.3 Å². The number of hydrogen-bond acceptors (Lipinski definition) is 5. The van der Waals surface area contributed by atoms with Gasteiger partial charge in [0, 0.05) is 13.1 Å². The molecule has 132 valence electrons. The minimum absolute atomic E-state index is 0.117. The molecular weight excluding hydrogens is 324 g/mol. The zero-order valence-electron chi connectivity index (χ0n) is 14.2. The number of nitrogens with zero attached hydrogens (tertiary/aromatic N) is 4. The van der Waals surface area contributed by atoms with Crippen LogP contribution in [-0.2, 0) is 24.4 Å². The highest BCUT2D eigenvalue weighted by Crippen LogP contribution is 2.16. The number of carbonyl (C=O) groups is 2. The summed E-state index contributed by atoms with van der Waals surface area (Å²) < 4.78 is 6.96. The summed E-state index contributed by atoms with van der Waals surface area (Å²) in [5.41, 5.74) is 3.46. The molecule has 0 saturated heterocycles. The van der Waals surface area contributed by atoms with Gasteiger partial charge in [-0.3, -0.25) is 0 Å². The summed E-state index contributed by atoms with van der Waals surface area (Å²) in [5.74, 6) is -1.15. The number of aryl methyl sites for hydroxylation is 3. The number of carboxylic acid groups (broad SMARTS) is 1. The predicted molar refractivity (Wildman–Crippen MR) is 88.1 cm³/mol. The molecule has 0 saturated carbocycles. The number of carboxylic acids is 1. The Bertz CT molecular complexity index is 795. The average Bonchev–Trinajstić information content (AvgIpc) is 2.82. The van der Waals surface area contributed by atoms with Crippen molar-refractivity contribution in [2.24, 2.45) is 0 Å². The second-order valence-corrected chi connectivity index (χ2v) is 6.24. The maximum Gasteiger partial charge on any atom is 0.410 e. The van der Waals surface area contributed by atoms with Gasteiger partial charge in [0.15, 0.2) is 5.69 Å². The lowest BCUT2D eigenvalue weighted by Crippen LogP contribution is -2.31. The van der Waals surface area contributed by atoms with Crippen LogP contribution in [0.4, 0.5) is 4.79 Å². The Balaban J connectivity index is 1.69. The van der Waals surface area contributed by atoms with Gasteiger partial charge in [0.2, 0.25) is 0 Å². The number of benzene rings is 1. The molecule has 0 fully saturated rings. The van der Waals surface area contributed by atoms with Crippen molar-refractivity contribution < 1.29 is 19.4 Å². The van der Waals surface area contributed by atoms with Gasteiger partial charge in [-0.05, 0) is 25.8 Å². The smallest absolute Gasteiger partial charge is 0.410 e. The van der Waals surface area contributed by atoms with Gasteiger partial charge in [-0.1, -0.05) is 34.5 Å². The molecule has 1 aliphatic rings. The highest BCUT2D eigenvalue weighted by Gasteiger charge is 2.26. The molecule has 2 heterocycles. The largest absolute Gasteiger partial charge is 0.476 e. The standard InChI is InChI=1S/C17H20N4O4/c1-11-6-12(2)8-13(7-11)10-25-17(24)20-4-3-5-21-14(9-20)15(16(22)23)18-19-21/h6-8H,3-5,9-10H2,1-2H3,(H,22,23). The predicted octanol–water partition coefficient (Wildman–Crippen LogP) is 2.14. The van der Waals surface area contributed by atoms with E-state index in [0.717, 1.165) is 16.7 Å². The summed E-state index contributed by atoms with van der Waals surface area (Å²) in [5, 5.41) is 16.7. The summed E-state index contributed by atoms with van der Waals surface area (Å²) in [7, 11) is 0. The van der Waals surface area contributed by atoms with Crippen molar-refractivity contribution in [1.29, 1.82) is 0 Å². The third kappa shape index (κ3) is 3.78. The fraction of sp³-hybridized carbons (Fsp3) is 0.412. The molecule has 1 aliphatic heterocycles. The molecule has 2 aromatic rings. The zero-order valence-corrected chi connectivity index (χ0v) is 14.2. The lowest BCUT2D eigenvalue weighted by molar-refractivity contribution is 0.0684. The van der Waals surface area contributed by atoms with Crippen LogP contribution < -0.4 is 0 Å². The van der Waals surface area contributed by atoms with Crippen LogP contribution in [0.25, 0.3) is 0 Å². The van der Waals surface area contributed by atoms with E-state index in [4.69, 9.17) is 4.74 Å². The summed E-state index contributed by atoms with van der Waals surface area (Å²) in [4.78, 5) is 25.2. The molecule has 1 aromatic carbocycles. The molecule has 0 spiro atoms. The molecule has 0 aliphatic carbocycles. The molecule has 3 rings (SSSR count). The first-order valence-electron chi connectivity index (χ1n) is 8.08. The third-order valence-corrected chi connectivity index (χ3v) is 4.08. The first-order valence-corrected chi connectivity index (χ1v) is 8.08. The first kappa shape index (κ1) is 16.9. The van der Waals surface area contributed by atoms with E-state index in [9.17, 15) is 14.7 Å². The highest BCUT2D eigenvalue weighted by molar-refractivity contribution is 5.86. The van der Waals surface area contributed by atoms with Crippen LogP contribution in [0.2, 0.25) is 0 Å². The van der Waals surface area contributed by atoms with E-state index in [0.29, 0.717) is 25.2 Å². The maximum atomic E-state index is 12.4. The fourth-order valence-corrected chi connectivity index (χ4v) is 3.05. The van der Waals surface area contributed by atoms with Crippen LogP contribution in [0.5, 0.6) is 0 Å². The van der Waals surface area contributed by atoms with Crippen molar-refractivity contribution in [2.45, 2.75) is 40.0 Å². The van der Waals surface area contributed by atoms with E-state index in [1.807, 2.05) is 26.0 Å². The van der Waals surface area contributed by atoms with Gasteiger partial charge >= 0.3 is 12.1 Å². The maximum absolute atomic E-state index is 12.4. The topological polar surface area (TPSA) is 97.5 Å². The Kier molecular flexibility index (Phi) is 4.69. The summed E-state index contributed by atoms with van der Waals surface area (Å²) in [6, 6.07) is 6.01. The molecular formula is C17H20N4O4. The zero-order chi connectivity index (χ0) is 18.0. The lowest BCUT2D eigenvalue weighted by Gasteiger charge is -2.19. The molecule has 0 radical (unpaired) electrons. The molecule has 8 heteroatoms. The molecule has 25 heavy (non-hydrogen) atoms. The Morgan fingerprint density at radius 2 is 1.92 bits per heavy atom. The molecule has 8 nitrogen and oxygen atoms in total. The molecule has 1 amide bonds. The Morgan fingerprint density at radius 1 is 1.20 bits per heavy atom. The minimum atomic E-state index is -1.15. The van der Waals surface area contributed by atoms with Crippen LogP contribution in [-0.4, -0.2) is 43.6 Å². The normalized spacial score (nSPS) is 13.9. The Hall–Kier alpha value is -2.90. The fourth-order valence-electron chi connectivity index (χ4n) is 3.05. The number of ether oxygens (including phenoxy) is 1. The van der Waals surface area contributed by atoms with Crippen molar-refractivity contribution >= 4 is 12.1 Å². The SMILES string of the molecule is Cc1cc(C)cc(COC(=O)N2CCCn3nnc(C(=O)O)c3C2)c1. The first-order chi connectivity index (χ1) is 11.9. The molecule has 0 atom stereocenters. The number of amides is 1. The van der Waals surface area contributed by atoms with Gasteiger partial charge in [0.1, 0.15) is 6.61 Å². The van der Waals surface area contributed by atoms with E-state index >= 15 is 0 Å². The van der Waals surface area contributed by atoms with Crippen LogP contribution in [0.15, 0.2) is 18.2 Å². The number of rotatable bonds is 3. The summed E-state index contributed by atoms with van der Waals surface area (Å²) >= 11 is 0. The van der Waals surface area contributed by atoms with E-state index in [2.05, 4.69) is 16.4 Å². The Labute approximate surface area is 145 Å². The number of carbonyl (C=O) groups excluding carboxylic acids is 1. The van der Waals surface area contributed by atoms with Gasteiger partial charge in [-0.25, -0.2) is 14.3 Å². The van der Waals surface area contributed by atoms with Gasteiger partial charge in [0.25, 0.3) is 0 Å². The molecule has 1 N–H and O–H groups in total. The van der Waals surface area contributed by atoms with Crippen LogP contribution >= 0.6 is 0 Å². The summed E-state index contributed by atoms with van der Waals surface area (Å²) in [6.45, 7) is 5.30. The van der Waals surface area contributed by atoms with E-state index in [-0.39, 0.29) is 18.8 Å². The number of aromatic nitrogens is 3. The molecule has 0 bridgehead atoms. The highest BCUT2D eigenvalue weighted by atomic mass is 16.6. The lowest BCUT2D eigenvalue weighted by atomic mass is 10.1. The van der Waals surface area contributed by atoms with Gasteiger partial charge in [-0.2, -0.15) is 0 Å². The van der Waals surface area contributed by atoms with Gasteiger partial charge < -0.3 is 14.7 Å². The second kappa shape index (κ2) is 6.92. The van der Waals surface area contributed by atoms with Crippen molar-refractivity contribution in [2.75, 3.05) is 6.54 Å². The average molecular weight is 344 g/mol. The second-order valence-electron chi connectivity index (χ2n) is 6.24. The van der Waals surface area contributed by atoms with E-state index in [1.165, 1.54) is 4.90 Å². The van der Waals surface area contributed by atoms with E-state index in [1.54, 1.807) is 4.68 Å². The third-order valence-electron chi connectivity index (χ3n) is 4.08. The van der Waals surface area contributed by atoms with Gasteiger partial charge in [0.05, 0.1) is 12.2 Å². The van der Waals surface area contributed by atoms with Crippen molar-refractivity contribution in [3.8, 4) is 0 Å². The van der Waals surface area contributed by atoms with Crippen molar-refractivity contribution in [1.82, 2.24) is 19.9 Å². The Morgan fingerprint density at radius 3 is 2.60 bits per heavy atom. The van der Waals surface area contributed by atoms with Crippen LogP contribution in [0.3, 0.4) is 0 Å². The number of hydrogen-bond donors (Lipinski definition) is 1. The van der Waals surface area contributed by atoms with Gasteiger partial charge in [-0.15, -0.1) is 5.10 Å². The quantitative estimate of drug-likeness (QED) is 0.916. The van der Waals surface area contributed by atoms with Crippen LogP contribution in [0, 0.1) is 13.8 Å². The summed E-state index contributed by atoms with van der Waals surface area (Å²) in [6.07, 6.45) is 0.193. The van der Waals surface area contributed by atoms with Crippen molar-refractivity contribution in [3.63, 3.8) is 0 Å². The van der Waals surface area contributed by atoms with E-state index < -0.39 is 12.1 Å². The monoisotopic (exact) mass is 344 g/mol. The number of fused-ring (bicyclic) bond motifs is 1. The van der Waals surface area contributed by atoms with Crippen LogP contribution in [0.1, 0.15) is 39.3 Å². The minimum Gasteiger partial charge on any atom is -0.476 e. The molecule has 1 aromatic heterocycles. The molecule has 0 unspecified atom stereocenters.